The molecule has 0 saturated carbocycles. The number of amides is 1. The van der Waals surface area contributed by atoms with E-state index in [9.17, 15) is 4.79 Å². The molecule has 1 aromatic carbocycles. The van der Waals surface area contributed by atoms with Gasteiger partial charge in [-0.3, -0.25) is 4.79 Å². The minimum Gasteiger partial charge on any atom is -0.497 e. The van der Waals surface area contributed by atoms with E-state index in [1.807, 2.05) is 42.0 Å². The first-order valence-electron chi connectivity index (χ1n) is 6.56. The lowest BCUT2D eigenvalue weighted by atomic mass is 10.2. The Morgan fingerprint density at radius 3 is 2.75 bits per heavy atom. The third-order valence-corrected chi connectivity index (χ3v) is 3.16. The van der Waals surface area contributed by atoms with Crippen LogP contribution in [0.15, 0.2) is 43.0 Å². The molecule has 0 aliphatic rings. The van der Waals surface area contributed by atoms with Gasteiger partial charge in [0.25, 0.3) is 0 Å². The Balaban J connectivity index is 1.79. The number of rotatable bonds is 6. The quantitative estimate of drug-likeness (QED) is 0.877. The summed E-state index contributed by atoms with van der Waals surface area (Å²) in [5, 5.41) is 2.92. The number of carbonyl (C=O) groups excluding carboxylic acids is 1. The van der Waals surface area contributed by atoms with E-state index in [1.165, 1.54) is 0 Å². The smallest absolute Gasteiger partial charge is 0.222 e. The number of imidazole rings is 1. The van der Waals surface area contributed by atoms with Crippen molar-refractivity contribution in [3.63, 3.8) is 0 Å². The Kier molecular flexibility index (Phi) is 4.76. The van der Waals surface area contributed by atoms with Crippen molar-refractivity contribution in [2.24, 2.45) is 0 Å². The van der Waals surface area contributed by atoms with Crippen LogP contribution >= 0.6 is 0 Å². The normalized spacial score (nSPS) is 11.9. The predicted octanol–water partition coefficient (Wildman–Crippen LogP) is 2.16. The van der Waals surface area contributed by atoms with Gasteiger partial charge in [-0.1, -0.05) is 12.1 Å². The lowest BCUT2D eigenvalue weighted by molar-refractivity contribution is -0.121. The first kappa shape index (κ1) is 14.1. The first-order chi connectivity index (χ1) is 9.69. The fourth-order valence-corrected chi connectivity index (χ4v) is 1.92. The van der Waals surface area contributed by atoms with E-state index in [0.717, 1.165) is 11.3 Å². The molecule has 0 spiro atoms. The maximum absolute atomic E-state index is 11.9. The summed E-state index contributed by atoms with van der Waals surface area (Å²) < 4.78 is 7.02. The molecular weight excluding hydrogens is 254 g/mol. The number of nitrogens with one attached hydrogen (secondary N) is 1. The number of ether oxygens (including phenoxy) is 1. The third-order valence-electron chi connectivity index (χ3n) is 3.16. The molecular formula is C15H19N3O2. The summed E-state index contributed by atoms with van der Waals surface area (Å²) in [5.74, 6) is 0.843. The molecule has 0 saturated heterocycles. The Morgan fingerprint density at radius 1 is 1.40 bits per heavy atom. The zero-order chi connectivity index (χ0) is 14.4. The fourth-order valence-electron chi connectivity index (χ4n) is 1.92. The van der Waals surface area contributed by atoms with Gasteiger partial charge >= 0.3 is 0 Å². The highest BCUT2D eigenvalue weighted by molar-refractivity contribution is 5.76. The maximum Gasteiger partial charge on any atom is 0.222 e. The van der Waals surface area contributed by atoms with Crippen LogP contribution in [0, 0.1) is 0 Å². The number of aromatic nitrogens is 2. The summed E-state index contributed by atoms with van der Waals surface area (Å²) in [6.45, 7) is 2.52. The van der Waals surface area contributed by atoms with Crippen molar-refractivity contribution in [1.29, 1.82) is 0 Å². The van der Waals surface area contributed by atoms with Crippen LogP contribution in [0.4, 0.5) is 0 Å². The Morgan fingerprint density at radius 2 is 2.15 bits per heavy atom. The third kappa shape index (κ3) is 3.85. The van der Waals surface area contributed by atoms with Crippen molar-refractivity contribution in [3.05, 3.63) is 48.5 Å². The Bertz CT molecular complexity index is 535. The Labute approximate surface area is 118 Å². The second kappa shape index (κ2) is 6.75. The maximum atomic E-state index is 11.9. The van der Waals surface area contributed by atoms with Crippen molar-refractivity contribution in [2.45, 2.75) is 25.9 Å². The van der Waals surface area contributed by atoms with E-state index in [0.29, 0.717) is 13.0 Å². The van der Waals surface area contributed by atoms with Crippen LogP contribution in [0.25, 0.3) is 0 Å². The van der Waals surface area contributed by atoms with Gasteiger partial charge in [0, 0.05) is 31.4 Å². The van der Waals surface area contributed by atoms with Crippen LogP contribution < -0.4 is 10.1 Å². The van der Waals surface area contributed by atoms with E-state index in [4.69, 9.17) is 4.74 Å². The average molecular weight is 273 g/mol. The number of nitrogens with zero attached hydrogens (tertiary/aromatic N) is 2. The van der Waals surface area contributed by atoms with Crippen molar-refractivity contribution in [2.75, 3.05) is 7.11 Å². The highest BCUT2D eigenvalue weighted by Gasteiger charge is 2.09. The standard InChI is InChI=1S/C15H19N3O2/c1-12(18-8-7-16-11-18)9-15(19)17-10-13-3-5-14(20-2)6-4-13/h3-8,11-12H,9-10H2,1-2H3,(H,17,19)/t12-/m1/s1. The molecule has 1 atom stereocenters. The lowest BCUT2D eigenvalue weighted by Crippen LogP contribution is -2.25. The molecule has 5 heteroatoms. The van der Waals surface area contributed by atoms with Crippen LogP contribution in [0.5, 0.6) is 5.75 Å². The topological polar surface area (TPSA) is 56.1 Å². The number of hydrogen-bond acceptors (Lipinski definition) is 3. The van der Waals surface area contributed by atoms with Crippen LogP contribution in [-0.2, 0) is 11.3 Å². The van der Waals surface area contributed by atoms with E-state index >= 15 is 0 Å². The Hall–Kier alpha value is -2.30. The first-order valence-corrected chi connectivity index (χ1v) is 6.56. The summed E-state index contributed by atoms with van der Waals surface area (Å²) >= 11 is 0. The highest BCUT2D eigenvalue weighted by Crippen LogP contribution is 2.12. The summed E-state index contributed by atoms with van der Waals surface area (Å²) in [6, 6.07) is 7.76. The van der Waals surface area contributed by atoms with Crippen LogP contribution in [0.1, 0.15) is 24.9 Å². The summed E-state index contributed by atoms with van der Waals surface area (Å²) in [7, 11) is 1.63. The van der Waals surface area contributed by atoms with Gasteiger partial charge in [-0.2, -0.15) is 0 Å². The molecule has 0 fully saturated rings. The van der Waals surface area contributed by atoms with Crippen molar-refractivity contribution < 1.29 is 9.53 Å². The predicted molar refractivity (Wildman–Crippen MR) is 76.4 cm³/mol. The molecule has 0 radical (unpaired) electrons. The highest BCUT2D eigenvalue weighted by atomic mass is 16.5. The summed E-state index contributed by atoms with van der Waals surface area (Å²) in [5.41, 5.74) is 1.05. The molecule has 2 rings (SSSR count). The van der Waals surface area contributed by atoms with Crippen molar-refractivity contribution in [3.8, 4) is 5.75 Å². The van der Waals surface area contributed by atoms with Gasteiger partial charge in [-0.25, -0.2) is 4.98 Å². The molecule has 1 amide bonds. The molecule has 106 valence electrons. The number of hydrogen-bond donors (Lipinski definition) is 1. The second-order valence-electron chi connectivity index (χ2n) is 4.69. The lowest BCUT2D eigenvalue weighted by Gasteiger charge is -2.13. The molecule has 1 heterocycles. The van der Waals surface area contributed by atoms with Crippen LogP contribution in [-0.4, -0.2) is 22.6 Å². The molecule has 2 aromatic rings. The van der Waals surface area contributed by atoms with E-state index in [-0.39, 0.29) is 11.9 Å². The van der Waals surface area contributed by atoms with E-state index in [1.54, 1.807) is 19.6 Å². The van der Waals surface area contributed by atoms with Gasteiger partial charge < -0.3 is 14.6 Å². The zero-order valence-corrected chi connectivity index (χ0v) is 11.7. The molecule has 0 aliphatic heterocycles. The largest absolute Gasteiger partial charge is 0.497 e. The van der Waals surface area contributed by atoms with Crippen molar-refractivity contribution >= 4 is 5.91 Å². The monoisotopic (exact) mass is 273 g/mol. The van der Waals surface area contributed by atoms with Gasteiger partial charge in [-0.05, 0) is 24.6 Å². The SMILES string of the molecule is COc1ccc(CNC(=O)C[C@@H](C)n2ccnc2)cc1. The minimum absolute atomic E-state index is 0.0296. The average Bonchev–Trinajstić information content (AvgIpc) is 3.00. The molecule has 20 heavy (non-hydrogen) atoms. The summed E-state index contributed by atoms with van der Waals surface area (Å²) in [4.78, 5) is 15.9. The van der Waals surface area contributed by atoms with E-state index in [2.05, 4.69) is 10.3 Å². The molecule has 0 unspecified atom stereocenters. The minimum atomic E-state index is 0.0296. The molecule has 0 aliphatic carbocycles. The fraction of sp³-hybridized carbons (Fsp3) is 0.333. The number of benzene rings is 1. The zero-order valence-electron chi connectivity index (χ0n) is 11.7. The molecule has 5 nitrogen and oxygen atoms in total. The van der Waals surface area contributed by atoms with E-state index < -0.39 is 0 Å². The van der Waals surface area contributed by atoms with Crippen LogP contribution in [0.2, 0.25) is 0 Å². The number of carbonyl (C=O) groups is 1. The molecule has 0 bridgehead atoms. The van der Waals surface area contributed by atoms with Crippen molar-refractivity contribution in [1.82, 2.24) is 14.9 Å². The van der Waals surface area contributed by atoms with Gasteiger partial charge in [0.2, 0.25) is 5.91 Å². The molecule has 1 aromatic heterocycles. The summed E-state index contributed by atoms with van der Waals surface area (Å²) in [6.07, 6.45) is 5.74. The second-order valence-corrected chi connectivity index (χ2v) is 4.69. The number of methoxy groups -OCH3 is 1. The van der Waals surface area contributed by atoms with Gasteiger partial charge in [-0.15, -0.1) is 0 Å². The van der Waals surface area contributed by atoms with Gasteiger partial charge in [0.1, 0.15) is 5.75 Å². The van der Waals surface area contributed by atoms with Gasteiger partial charge in [0.15, 0.2) is 0 Å². The van der Waals surface area contributed by atoms with Crippen LogP contribution in [0.3, 0.4) is 0 Å². The van der Waals surface area contributed by atoms with Gasteiger partial charge in [0.05, 0.1) is 13.4 Å². The molecule has 1 N–H and O–H groups in total.